The van der Waals surface area contributed by atoms with Gasteiger partial charge in [0, 0.05) is 22.4 Å². The monoisotopic (exact) mass is 765 g/mol. The second-order valence-corrected chi connectivity index (χ2v) is 16.5. The van der Waals surface area contributed by atoms with E-state index in [0.717, 1.165) is 17.1 Å². The van der Waals surface area contributed by atoms with Crippen molar-refractivity contribution in [3.63, 3.8) is 0 Å². The van der Waals surface area contributed by atoms with E-state index in [-0.39, 0.29) is 5.41 Å². The maximum Gasteiger partial charge on any atom is 0.0546 e. The van der Waals surface area contributed by atoms with Crippen molar-refractivity contribution in [3.05, 3.63) is 236 Å². The minimum Gasteiger partial charge on any atom is -0.310 e. The Morgan fingerprint density at radius 1 is 0.317 bits per heavy atom. The molecule has 10 aromatic carbocycles. The summed E-state index contributed by atoms with van der Waals surface area (Å²) in [7, 11) is 0. The van der Waals surface area contributed by atoms with Crippen molar-refractivity contribution in [1.82, 2.24) is 0 Å². The van der Waals surface area contributed by atoms with Crippen LogP contribution in [-0.4, -0.2) is 0 Å². The number of hydrogen-bond donors (Lipinski definition) is 0. The van der Waals surface area contributed by atoms with Crippen molar-refractivity contribution < 1.29 is 0 Å². The van der Waals surface area contributed by atoms with Gasteiger partial charge in [-0.2, -0.15) is 0 Å². The molecule has 0 heterocycles. The smallest absolute Gasteiger partial charge is 0.0546 e. The summed E-state index contributed by atoms with van der Waals surface area (Å²) in [6.45, 7) is 4.74. The highest BCUT2D eigenvalue weighted by Gasteiger charge is 2.35. The van der Waals surface area contributed by atoms with Crippen molar-refractivity contribution in [2.45, 2.75) is 19.3 Å². The number of fused-ring (bicyclic) bond motifs is 6. The predicted octanol–water partition coefficient (Wildman–Crippen LogP) is 16.4. The summed E-state index contributed by atoms with van der Waals surface area (Å²) in [4.78, 5) is 2.47. The van der Waals surface area contributed by atoms with Gasteiger partial charge in [-0.05, 0) is 125 Å². The van der Waals surface area contributed by atoms with E-state index in [0.29, 0.717) is 0 Å². The number of rotatable bonds is 7. The zero-order chi connectivity index (χ0) is 40.2. The van der Waals surface area contributed by atoms with Gasteiger partial charge >= 0.3 is 0 Å². The fourth-order valence-electron chi connectivity index (χ4n) is 9.70. The van der Waals surface area contributed by atoms with Crippen LogP contribution in [0, 0.1) is 0 Å². The first kappa shape index (κ1) is 35.7. The maximum atomic E-state index is 2.47. The lowest BCUT2D eigenvalue weighted by Crippen LogP contribution is -2.15. The van der Waals surface area contributed by atoms with Crippen LogP contribution >= 0.6 is 0 Å². The molecular formula is C59H43N. The van der Waals surface area contributed by atoms with Gasteiger partial charge in [0.05, 0.1) is 5.69 Å². The van der Waals surface area contributed by atoms with Crippen molar-refractivity contribution in [3.8, 4) is 55.6 Å². The quantitative estimate of drug-likeness (QED) is 0.146. The fourth-order valence-corrected chi connectivity index (χ4v) is 9.70. The Labute approximate surface area is 352 Å². The first-order valence-electron chi connectivity index (χ1n) is 20.9. The summed E-state index contributed by atoms with van der Waals surface area (Å²) in [5, 5.41) is 4.97. The third-order valence-electron chi connectivity index (χ3n) is 12.7. The van der Waals surface area contributed by atoms with Crippen LogP contribution in [0.15, 0.2) is 224 Å². The Balaban J connectivity index is 1.21. The highest BCUT2D eigenvalue weighted by atomic mass is 15.1. The lowest BCUT2D eigenvalue weighted by atomic mass is 9.81. The Kier molecular flexibility index (Phi) is 8.57. The topological polar surface area (TPSA) is 3.24 Å². The molecular weight excluding hydrogens is 723 g/mol. The molecule has 0 fully saturated rings. The van der Waals surface area contributed by atoms with E-state index in [1.807, 2.05) is 0 Å². The van der Waals surface area contributed by atoms with Crippen molar-refractivity contribution >= 4 is 38.6 Å². The second kappa shape index (κ2) is 14.4. The lowest BCUT2D eigenvalue weighted by Gasteiger charge is -2.30. The van der Waals surface area contributed by atoms with Gasteiger partial charge in [-0.3, -0.25) is 0 Å². The largest absolute Gasteiger partial charge is 0.310 e. The van der Waals surface area contributed by atoms with Gasteiger partial charge in [-0.15, -0.1) is 0 Å². The summed E-state index contributed by atoms with van der Waals surface area (Å²) in [6, 6.07) is 82.6. The Morgan fingerprint density at radius 2 is 0.883 bits per heavy atom. The summed E-state index contributed by atoms with van der Waals surface area (Å²) in [5.41, 5.74) is 18.2. The van der Waals surface area contributed by atoms with Crippen LogP contribution in [0.5, 0.6) is 0 Å². The van der Waals surface area contributed by atoms with E-state index in [2.05, 4.69) is 243 Å². The molecule has 1 aliphatic carbocycles. The van der Waals surface area contributed by atoms with Crippen LogP contribution in [0.4, 0.5) is 17.1 Å². The van der Waals surface area contributed by atoms with E-state index < -0.39 is 0 Å². The van der Waals surface area contributed by atoms with E-state index in [1.165, 1.54) is 88.3 Å². The van der Waals surface area contributed by atoms with E-state index in [4.69, 9.17) is 0 Å². The number of benzene rings is 10. The Morgan fingerprint density at radius 3 is 1.67 bits per heavy atom. The van der Waals surface area contributed by atoms with Crippen LogP contribution in [0.25, 0.3) is 77.2 Å². The SMILES string of the molecule is CC1(C)c2ccccc2-c2ccc(-c3cccc(N(c4ccc(-c5ccccc5)cc4)c4cccc(-c5ccccc5)c4)c3-c3cc4ccccc4c4ccccc34)cc21. The summed E-state index contributed by atoms with van der Waals surface area (Å²) < 4.78 is 0. The molecule has 0 unspecified atom stereocenters. The van der Waals surface area contributed by atoms with E-state index >= 15 is 0 Å². The molecule has 0 spiro atoms. The zero-order valence-electron chi connectivity index (χ0n) is 33.8. The highest BCUT2D eigenvalue weighted by Crippen LogP contribution is 2.52. The second-order valence-electron chi connectivity index (χ2n) is 16.5. The normalized spacial score (nSPS) is 12.6. The first-order valence-corrected chi connectivity index (χ1v) is 20.9. The van der Waals surface area contributed by atoms with Gasteiger partial charge < -0.3 is 4.90 Å². The summed E-state index contributed by atoms with van der Waals surface area (Å²) in [6.07, 6.45) is 0. The Hall–Kier alpha value is -7.48. The zero-order valence-corrected chi connectivity index (χ0v) is 33.8. The molecule has 1 nitrogen and oxygen atoms in total. The molecule has 60 heavy (non-hydrogen) atoms. The molecule has 0 amide bonds. The highest BCUT2D eigenvalue weighted by molar-refractivity contribution is 6.16. The standard InChI is InChI=1S/C59H43N/c1-59(2)55-29-14-13-27-52(55)53-36-33-45(39-56(53)59)49-28-16-30-57(58(49)54-38-44-21-9-10-24-48(44)50-25-11-12-26-51(50)54)60(46-34-31-42(32-35-46)40-17-5-3-6-18-40)47-23-15-22-43(37-47)41-19-7-4-8-20-41/h3-39H,1-2H3. The van der Waals surface area contributed by atoms with Crippen LogP contribution in [0.1, 0.15) is 25.0 Å². The molecule has 0 atom stereocenters. The summed E-state index contributed by atoms with van der Waals surface area (Å²) >= 11 is 0. The Bertz CT molecular complexity index is 3210. The molecule has 0 aromatic heterocycles. The third-order valence-corrected chi connectivity index (χ3v) is 12.7. The van der Waals surface area contributed by atoms with Gasteiger partial charge in [0.15, 0.2) is 0 Å². The fraction of sp³-hybridized carbons (Fsp3) is 0.0508. The van der Waals surface area contributed by atoms with Gasteiger partial charge in [-0.25, -0.2) is 0 Å². The molecule has 284 valence electrons. The molecule has 0 N–H and O–H groups in total. The minimum atomic E-state index is -0.125. The molecule has 0 saturated carbocycles. The predicted molar refractivity (Wildman–Crippen MR) is 255 cm³/mol. The van der Waals surface area contributed by atoms with Gasteiger partial charge in [0.1, 0.15) is 0 Å². The molecule has 0 radical (unpaired) electrons. The van der Waals surface area contributed by atoms with E-state index in [1.54, 1.807) is 0 Å². The average molecular weight is 766 g/mol. The van der Waals surface area contributed by atoms with E-state index in [9.17, 15) is 0 Å². The molecule has 0 bridgehead atoms. The minimum absolute atomic E-state index is 0.125. The van der Waals surface area contributed by atoms with Gasteiger partial charge in [0.25, 0.3) is 0 Å². The van der Waals surface area contributed by atoms with Gasteiger partial charge in [0.2, 0.25) is 0 Å². The van der Waals surface area contributed by atoms with Crippen molar-refractivity contribution in [1.29, 1.82) is 0 Å². The number of hydrogen-bond acceptors (Lipinski definition) is 1. The molecule has 1 aliphatic rings. The van der Waals surface area contributed by atoms with Crippen molar-refractivity contribution in [2.24, 2.45) is 0 Å². The molecule has 10 aromatic rings. The molecule has 0 saturated heterocycles. The molecule has 1 heteroatoms. The number of anilines is 3. The summed E-state index contributed by atoms with van der Waals surface area (Å²) in [5.74, 6) is 0. The van der Waals surface area contributed by atoms with Crippen LogP contribution in [0.3, 0.4) is 0 Å². The third kappa shape index (κ3) is 5.93. The average Bonchev–Trinajstić information content (AvgIpc) is 3.55. The lowest BCUT2D eigenvalue weighted by molar-refractivity contribution is 0.660. The van der Waals surface area contributed by atoms with Gasteiger partial charge in [-0.1, -0.05) is 196 Å². The molecule has 11 rings (SSSR count). The molecule has 0 aliphatic heterocycles. The first-order chi connectivity index (χ1) is 29.5. The van der Waals surface area contributed by atoms with Crippen molar-refractivity contribution in [2.75, 3.05) is 4.90 Å². The van der Waals surface area contributed by atoms with Crippen LogP contribution < -0.4 is 4.90 Å². The maximum absolute atomic E-state index is 2.47. The van der Waals surface area contributed by atoms with Crippen LogP contribution in [-0.2, 0) is 5.41 Å². The number of nitrogens with zero attached hydrogens (tertiary/aromatic N) is 1. The van der Waals surface area contributed by atoms with Crippen LogP contribution in [0.2, 0.25) is 0 Å².